The molecule has 1 saturated heterocycles. The van der Waals surface area contributed by atoms with E-state index in [1.165, 1.54) is 0 Å². The highest BCUT2D eigenvalue weighted by Crippen LogP contribution is 2.27. The second-order valence-electron chi connectivity index (χ2n) is 5.23. The summed E-state index contributed by atoms with van der Waals surface area (Å²) in [4.78, 5) is 17.4. The third-order valence-electron chi connectivity index (χ3n) is 3.96. The predicted molar refractivity (Wildman–Crippen MR) is 85.1 cm³/mol. The summed E-state index contributed by atoms with van der Waals surface area (Å²) < 4.78 is 0. The molecule has 118 valence electrons. The van der Waals surface area contributed by atoms with Crippen molar-refractivity contribution in [2.24, 2.45) is 0 Å². The van der Waals surface area contributed by atoms with Crippen LogP contribution in [0.15, 0.2) is 0 Å². The van der Waals surface area contributed by atoms with E-state index >= 15 is 0 Å². The molecule has 1 N–H and O–H groups in total. The lowest BCUT2D eigenvalue weighted by molar-refractivity contribution is 0.279. The molecule has 0 radical (unpaired) electrons. The van der Waals surface area contributed by atoms with Gasteiger partial charge in [-0.3, -0.25) is 0 Å². The molecule has 0 aromatic carbocycles. The van der Waals surface area contributed by atoms with Crippen LogP contribution in [0.3, 0.4) is 0 Å². The molecule has 1 aromatic heterocycles. The predicted octanol–water partition coefficient (Wildman–Crippen LogP) is 2.11. The quantitative estimate of drug-likeness (QED) is 0.831. The lowest BCUT2D eigenvalue weighted by Gasteiger charge is -2.26. The molecule has 0 saturated carbocycles. The van der Waals surface area contributed by atoms with Crippen molar-refractivity contribution in [3.05, 3.63) is 5.28 Å². The van der Waals surface area contributed by atoms with Crippen molar-refractivity contribution in [3.63, 3.8) is 0 Å². The van der Waals surface area contributed by atoms with Crippen molar-refractivity contribution < 1.29 is 5.11 Å². The number of rotatable bonds is 7. The molecule has 1 aliphatic heterocycles. The fourth-order valence-electron chi connectivity index (χ4n) is 2.83. The van der Waals surface area contributed by atoms with E-state index < -0.39 is 0 Å². The minimum Gasteiger partial charge on any atom is -0.396 e. The summed E-state index contributed by atoms with van der Waals surface area (Å²) in [6.45, 7) is 6.98. The maximum atomic E-state index is 9.02. The van der Waals surface area contributed by atoms with E-state index in [-0.39, 0.29) is 11.9 Å². The van der Waals surface area contributed by atoms with Crippen molar-refractivity contribution in [2.45, 2.75) is 45.6 Å². The van der Waals surface area contributed by atoms with E-state index in [1.54, 1.807) is 0 Å². The lowest BCUT2D eigenvalue weighted by atomic mass is 10.1. The molecule has 1 atom stereocenters. The molecule has 0 amide bonds. The Morgan fingerprint density at radius 1 is 1.29 bits per heavy atom. The molecule has 2 rings (SSSR count). The Bertz CT molecular complexity index is 455. The topological polar surface area (TPSA) is 65.4 Å². The average Bonchev–Trinajstić information content (AvgIpc) is 2.94. The molecule has 0 aliphatic carbocycles. The minimum absolute atomic E-state index is 0.229. The standard InChI is InChI=1S/C14H24ClN5O/c1-3-19(4-2)13-16-12(15)17-14(18-13)20-9-5-7-11(20)8-6-10-21/h11,21H,3-10H2,1-2H3. The molecule has 1 unspecified atom stereocenters. The number of aromatic nitrogens is 3. The van der Waals surface area contributed by atoms with E-state index in [9.17, 15) is 0 Å². The molecule has 7 heteroatoms. The van der Waals surface area contributed by atoms with Crippen LogP contribution < -0.4 is 9.80 Å². The van der Waals surface area contributed by atoms with Gasteiger partial charge in [-0.2, -0.15) is 15.0 Å². The molecule has 1 aliphatic rings. The second-order valence-corrected chi connectivity index (χ2v) is 5.57. The van der Waals surface area contributed by atoms with Gasteiger partial charge in [0.05, 0.1) is 0 Å². The number of hydrogen-bond acceptors (Lipinski definition) is 6. The SMILES string of the molecule is CCN(CC)c1nc(Cl)nc(N2CCCC2CCCO)n1. The van der Waals surface area contributed by atoms with E-state index in [1.807, 2.05) is 0 Å². The molecule has 0 spiro atoms. The summed E-state index contributed by atoms with van der Waals surface area (Å²) >= 11 is 6.08. The molecular weight excluding hydrogens is 290 g/mol. The van der Waals surface area contributed by atoms with E-state index in [2.05, 4.69) is 38.6 Å². The van der Waals surface area contributed by atoms with Gasteiger partial charge < -0.3 is 14.9 Å². The molecule has 6 nitrogen and oxygen atoms in total. The number of nitrogens with zero attached hydrogens (tertiary/aromatic N) is 5. The van der Waals surface area contributed by atoms with Crippen molar-refractivity contribution in [1.29, 1.82) is 0 Å². The highest BCUT2D eigenvalue weighted by atomic mass is 35.5. The van der Waals surface area contributed by atoms with Gasteiger partial charge in [0.15, 0.2) is 0 Å². The van der Waals surface area contributed by atoms with Crippen LogP contribution in [-0.4, -0.2) is 52.3 Å². The molecular formula is C14H24ClN5O. The molecule has 1 fully saturated rings. The van der Waals surface area contributed by atoms with Crippen molar-refractivity contribution in [2.75, 3.05) is 36.0 Å². The zero-order chi connectivity index (χ0) is 15.2. The van der Waals surface area contributed by atoms with Gasteiger partial charge in [-0.1, -0.05) is 0 Å². The van der Waals surface area contributed by atoms with Gasteiger partial charge in [0, 0.05) is 32.3 Å². The van der Waals surface area contributed by atoms with Crippen LogP contribution in [0.1, 0.15) is 39.5 Å². The largest absolute Gasteiger partial charge is 0.396 e. The van der Waals surface area contributed by atoms with Gasteiger partial charge in [-0.05, 0) is 51.1 Å². The highest BCUT2D eigenvalue weighted by Gasteiger charge is 2.27. The first-order chi connectivity index (χ1) is 10.2. The maximum absolute atomic E-state index is 9.02. The zero-order valence-corrected chi connectivity index (χ0v) is 13.6. The van der Waals surface area contributed by atoms with Crippen LogP contribution in [0.2, 0.25) is 5.28 Å². The summed E-state index contributed by atoms with van der Waals surface area (Å²) in [6.07, 6.45) is 4.01. The number of aliphatic hydroxyl groups excluding tert-OH is 1. The Morgan fingerprint density at radius 3 is 2.71 bits per heavy atom. The lowest BCUT2D eigenvalue weighted by Crippen LogP contribution is -2.32. The van der Waals surface area contributed by atoms with Gasteiger partial charge in [-0.25, -0.2) is 0 Å². The summed E-state index contributed by atoms with van der Waals surface area (Å²) in [5.41, 5.74) is 0. The second kappa shape index (κ2) is 7.75. The molecule has 1 aromatic rings. The van der Waals surface area contributed by atoms with Crippen molar-refractivity contribution in [1.82, 2.24) is 15.0 Å². The first-order valence-electron chi connectivity index (χ1n) is 7.73. The Balaban J connectivity index is 2.22. The Morgan fingerprint density at radius 2 is 2.05 bits per heavy atom. The summed E-state index contributed by atoms with van der Waals surface area (Å²) in [5.74, 6) is 1.31. The van der Waals surface area contributed by atoms with Gasteiger partial charge in [0.2, 0.25) is 17.2 Å². The first kappa shape index (κ1) is 16.2. The van der Waals surface area contributed by atoms with Crippen molar-refractivity contribution >= 4 is 23.5 Å². The molecule has 21 heavy (non-hydrogen) atoms. The fourth-order valence-corrected chi connectivity index (χ4v) is 2.98. The maximum Gasteiger partial charge on any atom is 0.231 e. The van der Waals surface area contributed by atoms with Crippen LogP contribution in [0.4, 0.5) is 11.9 Å². The third-order valence-corrected chi connectivity index (χ3v) is 4.13. The summed E-state index contributed by atoms with van der Waals surface area (Å²) in [5, 5.41) is 9.27. The third kappa shape index (κ3) is 3.95. The number of halogens is 1. The monoisotopic (exact) mass is 313 g/mol. The van der Waals surface area contributed by atoms with Crippen LogP contribution in [0, 0.1) is 0 Å². The Hall–Kier alpha value is -1.14. The fraction of sp³-hybridized carbons (Fsp3) is 0.786. The van der Waals surface area contributed by atoms with Crippen molar-refractivity contribution in [3.8, 4) is 0 Å². The first-order valence-corrected chi connectivity index (χ1v) is 8.11. The molecule has 2 heterocycles. The van der Waals surface area contributed by atoms with Gasteiger partial charge in [0.25, 0.3) is 0 Å². The van der Waals surface area contributed by atoms with Crippen LogP contribution in [-0.2, 0) is 0 Å². The average molecular weight is 314 g/mol. The van der Waals surface area contributed by atoms with E-state index in [0.29, 0.717) is 17.9 Å². The Labute approximate surface area is 131 Å². The number of aliphatic hydroxyl groups is 1. The molecule has 0 bridgehead atoms. The van der Waals surface area contributed by atoms with Gasteiger partial charge >= 0.3 is 0 Å². The van der Waals surface area contributed by atoms with E-state index in [4.69, 9.17) is 16.7 Å². The zero-order valence-electron chi connectivity index (χ0n) is 12.8. The van der Waals surface area contributed by atoms with E-state index in [0.717, 1.165) is 45.3 Å². The van der Waals surface area contributed by atoms with Gasteiger partial charge in [-0.15, -0.1) is 0 Å². The van der Waals surface area contributed by atoms with Crippen LogP contribution in [0.25, 0.3) is 0 Å². The summed E-state index contributed by atoms with van der Waals surface area (Å²) in [7, 11) is 0. The minimum atomic E-state index is 0.229. The van der Waals surface area contributed by atoms with Crippen LogP contribution >= 0.6 is 11.6 Å². The van der Waals surface area contributed by atoms with Gasteiger partial charge in [0.1, 0.15) is 0 Å². The number of anilines is 2. The number of hydrogen-bond donors (Lipinski definition) is 1. The summed E-state index contributed by atoms with van der Waals surface area (Å²) in [6, 6.07) is 0.389. The van der Waals surface area contributed by atoms with Crippen LogP contribution in [0.5, 0.6) is 0 Å². The smallest absolute Gasteiger partial charge is 0.231 e. The highest BCUT2D eigenvalue weighted by molar-refractivity contribution is 6.28. The Kier molecular flexibility index (Phi) is 5.99. The normalized spacial score (nSPS) is 18.3.